The van der Waals surface area contributed by atoms with Crippen molar-refractivity contribution in [3.8, 4) is 5.75 Å². The Bertz CT molecular complexity index is 572. The first-order valence-corrected chi connectivity index (χ1v) is 6.11. The lowest BCUT2D eigenvalue weighted by Crippen LogP contribution is -2.07. The molecule has 0 radical (unpaired) electrons. The summed E-state index contributed by atoms with van der Waals surface area (Å²) >= 11 is 5.85. The SMILES string of the molecule is O=C(O)c1c(Cl)cccc1OCCc1ccccn1. The van der Waals surface area contributed by atoms with E-state index in [4.69, 9.17) is 21.4 Å². The summed E-state index contributed by atoms with van der Waals surface area (Å²) in [6.45, 7) is 0.345. The Hall–Kier alpha value is -2.07. The number of carboxylic acid groups (broad SMARTS) is 1. The van der Waals surface area contributed by atoms with E-state index in [2.05, 4.69) is 4.98 Å². The van der Waals surface area contributed by atoms with Gasteiger partial charge in [0, 0.05) is 18.3 Å². The molecule has 0 fully saturated rings. The zero-order valence-electron chi connectivity index (χ0n) is 10.0. The second-order valence-electron chi connectivity index (χ2n) is 3.84. The van der Waals surface area contributed by atoms with Crippen LogP contribution < -0.4 is 4.74 Å². The maximum Gasteiger partial charge on any atom is 0.341 e. The van der Waals surface area contributed by atoms with Gasteiger partial charge in [-0.15, -0.1) is 0 Å². The molecule has 0 unspecified atom stereocenters. The van der Waals surface area contributed by atoms with Crippen LogP contribution in [0.25, 0.3) is 0 Å². The molecule has 1 aromatic heterocycles. The number of carboxylic acids is 1. The van der Waals surface area contributed by atoms with Gasteiger partial charge in [0.25, 0.3) is 0 Å². The van der Waals surface area contributed by atoms with Gasteiger partial charge in [-0.25, -0.2) is 4.79 Å². The van der Waals surface area contributed by atoms with Gasteiger partial charge in [-0.05, 0) is 24.3 Å². The van der Waals surface area contributed by atoms with Crippen molar-refractivity contribution in [2.24, 2.45) is 0 Å². The summed E-state index contributed by atoms with van der Waals surface area (Å²) in [6, 6.07) is 10.4. The lowest BCUT2D eigenvalue weighted by atomic mass is 10.2. The molecule has 2 rings (SSSR count). The molecule has 1 aromatic carbocycles. The Morgan fingerprint density at radius 2 is 2.11 bits per heavy atom. The smallest absolute Gasteiger partial charge is 0.341 e. The van der Waals surface area contributed by atoms with Crippen molar-refractivity contribution in [1.82, 2.24) is 4.98 Å². The number of halogens is 1. The van der Waals surface area contributed by atoms with Crippen LogP contribution in [0, 0.1) is 0 Å². The molecule has 0 atom stereocenters. The molecule has 0 amide bonds. The number of ether oxygens (including phenoxy) is 1. The highest BCUT2D eigenvalue weighted by Gasteiger charge is 2.15. The summed E-state index contributed by atoms with van der Waals surface area (Å²) in [5, 5.41) is 9.26. The molecular weight excluding hydrogens is 266 g/mol. The number of hydrogen-bond donors (Lipinski definition) is 1. The van der Waals surface area contributed by atoms with Gasteiger partial charge < -0.3 is 9.84 Å². The van der Waals surface area contributed by atoms with Crippen molar-refractivity contribution in [1.29, 1.82) is 0 Å². The molecule has 0 aliphatic rings. The molecule has 1 heterocycles. The standard InChI is InChI=1S/C14H12ClNO3/c15-11-5-3-6-12(13(11)14(17)18)19-9-7-10-4-1-2-8-16-10/h1-6,8H,7,9H2,(H,17,18). The number of aromatic nitrogens is 1. The largest absolute Gasteiger partial charge is 0.492 e. The summed E-state index contributed by atoms with van der Waals surface area (Å²) in [6.07, 6.45) is 2.31. The lowest BCUT2D eigenvalue weighted by molar-refractivity contribution is 0.0692. The number of hydrogen-bond acceptors (Lipinski definition) is 3. The quantitative estimate of drug-likeness (QED) is 0.912. The van der Waals surface area contributed by atoms with Crippen LogP contribution in [0.1, 0.15) is 16.1 Å². The van der Waals surface area contributed by atoms with E-state index in [1.807, 2.05) is 18.2 Å². The molecule has 5 heteroatoms. The molecule has 0 spiro atoms. The average Bonchev–Trinajstić information content (AvgIpc) is 2.39. The summed E-state index contributed by atoms with van der Waals surface area (Å²) < 4.78 is 5.48. The lowest BCUT2D eigenvalue weighted by Gasteiger charge is -2.09. The van der Waals surface area contributed by atoms with Gasteiger partial charge in [-0.2, -0.15) is 0 Å². The van der Waals surface area contributed by atoms with Gasteiger partial charge in [-0.3, -0.25) is 4.98 Å². The highest BCUT2D eigenvalue weighted by molar-refractivity contribution is 6.33. The first kappa shape index (κ1) is 13.4. The third-order valence-corrected chi connectivity index (χ3v) is 2.85. The van der Waals surface area contributed by atoms with Crippen molar-refractivity contribution in [3.63, 3.8) is 0 Å². The van der Waals surface area contributed by atoms with Crippen LogP contribution in [0.5, 0.6) is 5.75 Å². The summed E-state index contributed by atoms with van der Waals surface area (Å²) in [5.41, 5.74) is 0.881. The van der Waals surface area contributed by atoms with Crippen LogP contribution in [0.3, 0.4) is 0 Å². The Balaban J connectivity index is 2.04. The van der Waals surface area contributed by atoms with Crippen molar-refractivity contribution in [2.45, 2.75) is 6.42 Å². The minimum atomic E-state index is -1.10. The molecular formula is C14H12ClNO3. The summed E-state index contributed by atoms with van der Waals surface area (Å²) in [5.74, 6) is -0.825. The van der Waals surface area contributed by atoms with E-state index < -0.39 is 5.97 Å². The maximum absolute atomic E-state index is 11.1. The summed E-state index contributed by atoms with van der Waals surface area (Å²) in [4.78, 5) is 15.3. The fourth-order valence-corrected chi connectivity index (χ4v) is 1.89. The first-order chi connectivity index (χ1) is 9.18. The van der Waals surface area contributed by atoms with Gasteiger partial charge >= 0.3 is 5.97 Å². The van der Waals surface area contributed by atoms with E-state index in [0.717, 1.165) is 5.69 Å². The van der Waals surface area contributed by atoms with Crippen molar-refractivity contribution < 1.29 is 14.6 Å². The number of pyridine rings is 1. The molecule has 4 nitrogen and oxygen atoms in total. The van der Waals surface area contributed by atoms with Gasteiger partial charge in [-0.1, -0.05) is 23.7 Å². The predicted molar refractivity (Wildman–Crippen MR) is 71.8 cm³/mol. The minimum absolute atomic E-state index is 0.00909. The Morgan fingerprint density at radius 1 is 1.26 bits per heavy atom. The van der Waals surface area contributed by atoms with E-state index in [9.17, 15) is 4.79 Å². The highest BCUT2D eigenvalue weighted by atomic mass is 35.5. The Labute approximate surface area is 115 Å². The van der Waals surface area contributed by atoms with Crippen molar-refractivity contribution in [2.75, 3.05) is 6.61 Å². The van der Waals surface area contributed by atoms with Gasteiger partial charge in [0.2, 0.25) is 0 Å². The fraction of sp³-hybridized carbons (Fsp3) is 0.143. The van der Waals surface area contributed by atoms with E-state index in [-0.39, 0.29) is 16.3 Å². The topological polar surface area (TPSA) is 59.4 Å². The van der Waals surface area contributed by atoms with E-state index in [1.54, 1.807) is 18.3 Å². The normalized spacial score (nSPS) is 10.2. The molecule has 1 N–H and O–H groups in total. The molecule has 0 saturated heterocycles. The van der Waals surface area contributed by atoms with Crippen LogP contribution in [0.4, 0.5) is 0 Å². The number of nitrogens with zero attached hydrogens (tertiary/aromatic N) is 1. The van der Waals surface area contributed by atoms with Crippen molar-refractivity contribution in [3.05, 3.63) is 58.9 Å². The number of rotatable bonds is 5. The third kappa shape index (κ3) is 3.45. The number of benzene rings is 1. The fourth-order valence-electron chi connectivity index (χ4n) is 1.64. The average molecular weight is 278 g/mol. The molecule has 98 valence electrons. The Kier molecular flexibility index (Phi) is 4.36. The van der Waals surface area contributed by atoms with Gasteiger partial charge in [0.05, 0.1) is 11.6 Å². The maximum atomic E-state index is 11.1. The zero-order valence-corrected chi connectivity index (χ0v) is 10.8. The molecule has 0 aliphatic carbocycles. The number of aromatic carboxylic acids is 1. The number of carbonyl (C=O) groups is 1. The minimum Gasteiger partial charge on any atom is -0.492 e. The Morgan fingerprint density at radius 3 is 2.79 bits per heavy atom. The third-order valence-electron chi connectivity index (χ3n) is 2.53. The zero-order chi connectivity index (χ0) is 13.7. The first-order valence-electron chi connectivity index (χ1n) is 5.73. The van der Waals surface area contributed by atoms with E-state index in [1.165, 1.54) is 6.07 Å². The van der Waals surface area contributed by atoms with Crippen LogP contribution in [-0.2, 0) is 6.42 Å². The molecule has 0 saturated carbocycles. The monoisotopic (exact) mass is 277 g/mol. The van der Waals surface area contributed by atoms with Crippen LogP contribution in [0.2, 0.25) is 5.02 Å². The second kappa shape index (κ2) is 6.20. The molecule has 0 aliphatic heterocycles. The summed E-state index contributed by atoms with van der Waals surface area (Å²) in [7, 11) is 0. The van der Waals surface area contributed by atoms with E-state index >= 15 is 0 Å². The molecule has 19 heavy (non-hydrogen) atoms. The molecule has 2 aromatic rings. The van der Waals surface area contributed by atoms with Crippen LogP contribution >= 0.6 is 11.6 Å². The van der Waals surface area contributed by atoms with Crippen LogP contribution in [-0.4, -0.2) is 22.7 Å². The van der Waals surface area contributed by atoms with Crippen molar-refractivity contribution >= 4 is 17.6 Å². The predicted octanol–water partition coefficient (Wildman–Crippen LogP) is 3.05. The van der Waals surface area contributed by atoms with Gasteiger partial charge in [0.15, 0.2) is 0 Å². The van der Waals surface area contributed by atoms with Crippen LogP contribution in [0.15, 0.2) is 42.6 Å². The highest BCUT2D eigenvalue weighted by Crippen LogP contribution is 2.26. The second-order valence-corrected chi connectivity index (χ2v) is 4.24. The van der Waals surface area contributed by atoms with E-state index in [0.29, 0.717) is 13.0 Å². The van der Waals surface area contributed by atoms with Gasteiger partial charge in [0.1, 0.15) is 11.3 Å². The molecule has 0 bridgehead atoms.